The maximum Gasteiger partial charge on any atom is 0.290 e. The second-order valence-corrected chi connectivity index (χ2v) is 8.25. The number of carbonyl (C=O) groups excluding carboxylic acids is 1. The molecule has 0 radical (unpaired) electrons. The average Bonchev–Trinajstić information content (AvgIpc) is 3.60. The highest BCUT2D eigenvalue weighted by atomic mass is 32.1. The van der Waals surface area contributed by atoms with Crippen LogP contribution in [0.4, 0.5) is 0 Å². The maximum absolute atomic E-state index is 13.0. The lowest BCUT2D eigenvalue weighted by Crippen LogP contribution is -2.48. The summed E-state index contributed by atoms with van der Waals surface area (Å²) in [5, 5.41) is 8.03. The minimum atomic E-state index is -0.112. The zero-order valence-corrected chi connectivity index (χ0v) is 18.2. The Bertz CT molecular complexity index is 1150. The van der Waals surface area contributed by atoms with Gasteiger partial charge in [-0.3, -0.25) is 9.69 Å². The Morgan fingerprint density at radius 1 is 1.09 bits per heavy atom. The Morgan fingerprint density at radius 3 is 2.72 bits per heavy atom. The molecule has 1 fully saturated rings. The zero-order chi connectivity index (χ0) is 21.8. The minimum Gasteiger partial charge on any atom is -0.489 e. The van der Waals surface area contributed by atoms with Crippen LogP contribution in [0.3, 0.4) is 0 Å². The number of hydrogen-bond donors (Lipinski definition) is 0. The largest absolute Gasteiger partial charge is 0.489 e. The van der Waals surface area contributed by atoms with Gasteiger partial charge in [0.1, 0.15) is 12.4 Å². The van der Waals surface area contributed by atoms with E-state index in [1.54, 1.807) is 17.4 Å². The SMILES string of the molecule is O=C(c1occc1COc1ccccc1)N1CCN(Cc2nc(-c3ccsc3)no2)CC1. The van der Waals surface area contributed by atoms with Crippen molar-refractivity contribution in [1.29, 1.82) is 0 Å². The number of aromatic nitrogens is 2. The Hall–Kier alpha value is -3.43. The number of piperazine rings is 1. The first kappa shape index (κ1) is 20.5. The van der Waals surface area contributed by atoms with E-state index < -0.39 is 0 Å². The van der Waals surface area contributed by atoms with Crippen molar-refractivity contribution in [2.24, 2.45) is 0 Å². The highest BCUT2D eigenvalue weighted by Gasteiger charge is 2.27. The summed E-state index contributed by atoms with van der Waals surface area (Å²) in [5.74, 6) is 2.17. The van der Waals surface area contributed by atoms with Crippen molar-refractivity contribution in [3.8, 4) is 17.1 Å². The number of benzene rings is 1. The summed E-state index contributed by atoms with van der Waals surface area (Å²) < 4.78 is 16.7. The van der Waals surface area contributed by atoms with Gasteiger partial charge in [-0.1, -0.05) is 23.4 Å². The Kier molecular flexibility index (Phi) is 6.00. The van der Waals surface area contributed by atoms with Gasteiger partial charge < -0.3 is 18.6 Å². The van der Waals surface area contributed by atoms with Crippen LogP contribution in [0.15, 0.2) is 68.4 Å². The Labute approximate surface area is 189 Å². The molecule has 4 aromatic rings. The van der Waals surface area contributed by atoms with E-state index in [9.17, 15) is 4.79 Å². The van der Waals surface area contributed by atoms with E-state index in [1.807, 2.05) is 52.1 Å². The van der Waals surface area contributed by atoms with Gasteiger partial charge in [0.25, 0.3) is 5.91 Å². The van der Waals surface area contributed by atoms with Crippen LogP contribution in [-0.2, 0) is 13.2 Å². The molecule has 0 N–H and O–H groups in total. The first-order valence-corrected chi connectivity index (χ1v) is 11.3. The van der Waals surface area contributed by atoms with Crippen LogP contribution in [0.2, 0.25) is 0 Å². The molecule has 1 aliphatic heterocycles. The van der Waals surface area contributed by atoms with E-state index in [4.69, 9.17) is 13.7 Å². The number of furan rings is 1. The molecular formula is C23H22N4O4S. The summed E-state index contributed by atoms with van der Waals surface area (Å²) in [7, 11) is 0. The van der Waals surface area contributed by atoms with Crippen molar-refractivity contribution < 1.29 is 18.5 Å². The monoisotopic (exact) mass is 450 g/mol. The van der Waals surface area contributed by atoms with Gasteiger partial charge in [-0.2, -0.15) is 16.3 Å². The first-order chi connectivity index (χ1) is 15.8. The third-order valence-electron chi connectivity index (χ3n) is 5.34. The molecule has 1 amide bonds. The van der Waals surface area contributed by atoms with Crippen molar-refractivity contribution in [3.05, 3.63) is 76.7 Å². The predicted molar refractivity (Wildman–Crippen MR) is 118 cm³/mol. The van der Waals surface area contributed by atoms with Crippen LogP contribution in [0.1, 0.15) is 22.0 Å². The summed E-state index contributed by atoms with van der Waals surface area (Å²) in [6.45, 7) is 3.49. The highest BCUT2D eigenvalue weighted by molar-refractivity contribution is 7.08. The molecule has 1 aliphatic rings. The van der Waals surface area contributed by atoms with Crippen molar-refractivity contribution in [2.45, 2.75) is 13.2 Å². The number of para-hydroxylation sites is 1. The molecule has 1 aromatic carbocycles. The normalized spacial score (nSPS) is 14.6. The van der Waals surface area contributed by atoms with E-state index in [0.29, 0.717) is 37.1 Å². The van der Waals surface area contributed by atoms with Gasteiger partial charge in [-0.25, -0.2) is 0 Å². The topological polar surface area (TPSA) is 84.8 Å². The number of thiophene rings is 1. The molecule has 8 nitrogen and oxygen atoms in total. The smallest absolute Gasteiger partial charge is 0.290 e. The minimum absolute atomic E-state index is 0.112. The second kappa shape index (κ2) is 9.37. The lowest BCUT2D eigenvalue weighted by Gasteiger charge is -2.33. The number of hydrogen-bond acceptors (Lipinski definition) is 8. The summed E-state index contributed by atoms with van der Waals surface area (Å²) in [4.78, 5) is 21.5. The van der Waals surface area contributed by atoms with Gasteiger partial charge in [0.2, 0.25) is 11.7 Å². The second-order valence-electron chi connectivity index (χ2n) is 7.47. The molecule has 32 heavy (non-hydrogen) atoms. The fourth-order valence-corrected chi connectivity index (χ4v) is 4.22. The molecule has 0 spiro atoms. The van der Waals surface area contributed by atoms with Crippen LogP contribution in [0.5, 0.6) is 5.75 Å². The molecule has 0 atom stereocenters. The lowest BCUT2D eigenvalue weighted by atomic mass is 10.2. The number of ether oxygens (including phenoxy) is 1. The quantitative estimate of drug-likeness (QED) is 0.422. The fourth-order valence-electron chi connectivity index (χ4n) is 3.59. The van der Waals surface area contributed by atoms with Gasteiger partial charge in [-0.15, -0.1) is 0 Å². The maximum atomic E-state index is 13.0. The molecule has 9 heteroatoms. The summed E-state index contributed by atoms with van der Waals surface area (Å²) >= 11 is 1.60. The third-order valence-corrected chi connectivity index (χ3v) is 6.03. The summed E-state index contributed by atoms with van der Waals surface area (Å²) in [5.41, 5.74) is 1.71. The van der Waals surface area contributed by atoms with Crippen molar-refractivity contribution in [1.82, 2.24) is 19.9 Å². The molecule has 1 saturated heterocycles. The van der Waals surface area contributed by atoms with Crippen molar-refractivity contribution in [2.75, 3.05) is 26.2 Å². The number of amides is 1. The molecule has 3 aromatic heterocycles. The van der Waals surface area contributed by atoms with Crippen LogP contribution in [0, 0.1) is 0 Å². The molecule has 0 aliphatic carbocycles. The predicted octanol–water partition coefficient (Wildman–Crippen LogP) is 3.93. The molecule has 5 rings (SSSR count). The van der Waals surface area contributed by atoms with E-state index in [1.165, 1.54) is 6.26 Å². The van der Waals surface area contributed by atoms with E-state index in [2.05, 4.69) is 15.0 Å². The zero-order valence-electron chi connectivity index (χ0n) is 17.3. The average molecular weight is 451 g/mol. The molecule has 164 valence electrons. The lowest BCUT2D eigenvalue weighted by molar-refractivity contribution is 0.0581. The molecule has 4 heterocycles. The fraction of sp³-hybridized carbons (Fsp3) is 0.261. The first-order valence-electron chi connectivity index (χ1n) is 10.4. The van der Waals surface area contributed by atoms with Crippen LogP contribution in [-0.4, -0.2) is 52.0 Å². The van der Waals surface area contributed by atoms with Crippen LogP contribution in [0.25, 0.3) is 11.4 Å². The summed E-state index contributed by atoms with van der Waals surface area (Å²) in [6.07, 6.45) is 1.54. The molecule has 0 saturated carbocycles. The van der Waals surface area contributed by atoms with Crippen molar-refractivity contribution >= 4 is 17.2 Å². The number of nitrogens with zero attached hydrogens (tertiary/aromatic N) is 4. The van der Waals surface area contributed by atoms with Crippen molar-refractivity contribution in [3.63, 3.8) is 0 Å². The van der Waals surface area contributed by atoms with Gasteiger partial charge in [-0.05, 0) is 29.6 Å². The van der Waals surface area contributed by atoms with E-state index in [0.717, 1.165) is 30.0 Å². The van der Waals surface area contributed by atoms with E-state index in [-0.39, 0.29) is 12.5 Å². The van der Waals surface area contributed by atoms with Gasteiger partial charge in [0.05, 0.1) is 12.8 Å². The van der Waals surface area contributed by atoms with Gasteiger partial charge >= 0.3 is 0 Å². The molecule has 0 bridgehead atoms. The Balaban J connectivity index is 1.15. The standard InChI is InChI=1S/C23H22N4O4S/c28-23(21-17(6-12-29-21)15-30-19-4-2-1-3-5-19)27-10-8-26(9-11-27)14-20-24-22(25-31-20)18-7-13-32-16-18/h1-7,12-13,16H,8-11,14-15H2. The Morgan fingerprint density at radius 2 is 1.94 bits per heavy atom. The molecular weight excluding hydrogens is 428 g/mol. The van der Waals surface area contributed by atoms with Crippen LogP contribution >= 0.6 is 11.3 Å². The number of rotatable bonds is 7. The molecule has 0 unspecified atom stereocenters. The van der Waals surface area contributed by atoms with Crippen LogP contribution < -0.4 is 4.74 Å². The van der Waals surface area contributed by atoms with Gasteiger partial charge in [0, 0.05) is 42.7 Å². The summed E-state index contributed by atoms with van der Waals surface area (Å²) in [6, 6.07) is 13.3. The number of carbonyl (C=O) groups is 1. The highest BCUT2D eigenvalue weighted by Crippen LogP contribution is 2.21. The van der Waals surface area contributed by atoms with Gasteiger partial charge in [0.15, 0.2) is 5.76 Å². The third kappa shape index (κ3) is 4.58. The van der Waals surface area contributed by atoms with E-state index >= 15 is 0 Å².